The second-order valence-corrected chi connectivity index (χ2v) is 9.34. The summed E-state index contributed by atoms with van der Waals surface area (Å²) in [5.41, 5.74) is 2.30. The molecule has 0 radical (unpaired) electrons. The molecule has 170 valence electrons. The molecular formula is C21H33N6O4+. The standard InChI is InChI=1S/C21H32N6O4/c1-8-13(22)27-11-9-10-12-14(27)24-18(31)21(6,7)26-16(29)19(2,3)15(28)25-20(4,5)17(30)23-12/h9-11,13H,8,22H2,1-7H3,(H3,23,25,26,28,29,30)/p+1. The van der Waals surface area contributed by atoms with Crippen LogP contribution in [0.3, 0.4) is 0 Å². The lowest BCUT2D eigenvalue weighted by Crippen LogP contribution is -2.61. The Labute approximate surface area is 182 Å². The molecule has 1 atom stereocenters. The molecule has 1 aromatic heterocycles. The van der Waals surface area contributed by atoms with E-state index in [-0.39, 0.29) is 5.82 Å². The second kappa shape index (κ2) is 8.26. The van der Waals surface area contributed by atoms with Crippen LogP contribution in [-0.2, 0) is 19.2 Å². The summed E-state index contributed by atoms with van der Waals surface area (Å²) >= 11 is 0. The summed E-state index contributed by atoms with van der Waals surface area (Å²) in [6.45, 7) is 10.9. The van der Waals surface area contributed by atoms with E-state index in [1.54, 1.807) is 22.9 Å². The Morgan fingerprint density at radius 2 is 1.35 bits per heavy atom. The monoisotopic (exact) mass is 433 g/mol. The number of rotatable bonds is 2. The maximum Gasteiger partial charge on any atom is 0.332 e. The lowest BCUT2D eigenvalue weighted by molar-refractivity contribution is -0.708. The summed E-state index contributed by atoms with van der Waals surface area (Å²) in [4.78, 5) is 51.9. The smallest absolute Gasteiger partial charge is 0.332 e. The van der Waals surface area contributed by atoms with Crippen molar-refractivity contribution in [3.63, 3.8) is 0 Å². The molecule has 2 heterocycles. The van der Waals surface area contributed by atoms with E-state index in [9.17, 15) is 19.2 Å². The molecule has 1 aliphatic rings. The topological polar surface area (TPSA) is 146 Å². The number of hydrogen-bond donors (Lipinski definition) is 5. The van der Waals surface area contributed by atoms with Crippen molar-refractivity contribution in [1.29, 1.82) is 0 Å². The molecule has 0 saturated carbocycles. The minimum atomic E-state index is -1.53. The molecule has 1 unspecified atom stereocenters. The maximum absolute atomic E-state index is 13.1. The van der Waals surface area contributed by atoms with Crippen molar-refractivity contribution >= 4 is 35.1 Å². The Bertz CT molecular complexity index is 922. The number of hydrogen-bond acceptors (Lipinski definition) is 5. The quantitative estimate of drug-likeness (QED) is 0.341. The third-order valence-corrected chi connectivity index (χ3v) is 5.40. The highest BCUT2D eigenvalue weighted by atomic mass is 16.2. The Balaban J connectivity index is 2.67. The minimum absolute atomic E-state index is 0.276. The SMILES string of the molecule is CCC(N)[n+]1cccc2c1NC(=O)C(C)(C)NC(=O)C(C)(C)C(=O)NC(C)(C)C(=O)N2. The summed E-state index contributed by atoms with van der Waals surface area (Å²) in [5.74, 6) is -2.06. The molecule has 0 aliphatic carbocycles. The zero-order chi connectivity index (χ0) is 23.8. The van der Waals surface area contributed by atoms with Gasteiger partial charge in [0.1, 0.15) is 22.2 Å². The van der Waals surface area contributed by atoms with E-state index in [2.05, 4.69) is 21.3 Å². The predicted molar refractivity (Wildman–Crippen MR) is 116 cm³/mol. The summed E-state index contributed by atoms with van der Waals surface area (Å²) < 4.78 is 1.64. The number of amides is 4. The molecular weight excluding hydrogens is 400 g/mol. The fourth-order valence-corrected chi connectivity index (χ4v) is 2.87. The van der Waals surface area contributed by atoms with Gasteiger partial charge in [-0.25, -0.2) is 14.7 Å². The number of carbonyl (C=O) groups excluding carboxylic acids is 4. The molecule has 10 heteroatoms. The molecule has 10 nitrogen and oxygen atoms in total. The highest BCUT2D eigenvalue weighted by molar-refractivity contribution is 6.10. The van der Waals surface area contributed by atoms with Gasteiger partial charge in [-0.15, -0.1) is 0 Å². The van der Waals surface area contributed by atoms with Crippen molar-refractivity contribution in [2.75, 3.05) is 10.6 Å². The van der Waals surface area contributed by atoms with Crippen molar-refractivity contribution in [3.8, 4) is 0 Å². The number of carbonyl (C=O) groups is 4. The lowest BCUT2D eigenvalue weighted by atomic mass is 9.88. The van der Waals surface area contributed by atoms with Crippen LogP contribution in [0.5, 0.6) is 0 Å². The minimum Gasteiger partial charge on any atom is -0.341 e. The number of pyridine rings is 1. The van der Waals surface area contributed by atoms with Gasteiger partial charge in [-0.1, -0.05) is 6.92 Å². The first-order chi connectivity index (χ1) is 14.1. The van der Waals surface area contributed by atoms with Crippen molar-refractivity contribution in [2.45, 2.75) is 72.1 Å². The van der Waals surface area contributed by atoms with Gasteiger partial charge in [-0.3, -0.25) is 20.1 Å². The first kappa shape index (κ1) is 24.3. The van der Waals surface area contributed by atoms with Gasteiger partial charge in [0.25, 0.3) is 0 Å². The zero-order valence-corrected chi connectivity index (χ0v) is 19.2. The van der Waals surface area contributed by atoms with Crippen molar-refractivity contribution in [2.24, 2.45) is 11.1 Å². The molecule has 0 saturated heterocycles. The van der Waals surface area contributed by atoms with Crippen molar-refractivity contribution in [1.82, 2.24) is 10.6 Å². The Hall–Kier alpha value is -3.01. The van der Waals surface area contributed by atoms with Crippen LogP contribution < -0.4 is 31.6 Å². The normalized spacial score (nSPS) is 21.7. The molecule has 0 bridgehead atoms. The van der Waals surface area contributed by atoms with E-state index in [1.165, 1.54) is 41.5 Å². The molecule has 31 heavy (non-hydrogen) atoms. The van der Waals surface area contributed by atoms with Crippen LogP contribution in [0, 0.1) is 5.41 Å². The molecule has 4 amide bonds. The largest absolute Gasteiger partial charge is 0.341 e. The van der Waals surface area contributed by atoms with Gasteiger partial charge >= 0.3 is 11.7 Å². The van der Waals surface area contributed by atoms with Crippen LogP contribution in [0.4, 0.5) is 11.5 Å². The van der Waals surface area contributed by atoms with Gasteiger partial charge in [0.15, 0.2) is 6.17 Å². The van der Waals surface area contributed by atoms with Crippen molar-refractivity contribution < 1.29 is 23.7 Å². The highest BCUT2D eigenvalue weighted by Crippen LogP contribution is 2.24. The molecule has 0 fully saturated rings. The van der Waals surface area contributed by atoms with E-state index in [0.29, 0.717) is 12.1 Å². The summed E-state index contributed by atoms with van der Waals surface area (Å²) in [7, 11) is 0. The van der Waals surface area contributed by atoms with Gasteiger partial charge in [0.05, 0.1) is 6.20 Å². The number of nitrogens with zero attached hydrogens (tertiary/aromatic N) is 1. The molecule has 1 aromatic rings. The first-order valence-electron chi connectivity index (χ1n) is 10.2. The summed E-state index contributed by atoms with van der Waals surface area (Å²) in [6, 6.07) is 3.32. The molecule has 6 N–H and O–H groups in total. The third kappa shape index (κ3) is 4.84. The fourth-order valence-electron chi connectivity index (χ4n) is 2.87. The molecule has 0 aromatic carbocycles. The van der Waals surface area contributed by atoms with Gasteiger partial charge < -0.3 is 16.0 Å². The van der Waals surface area contributed by atoms with Gasteiger partial charge in [-0.05, 0) is 60.1 Å². The second-order valence-electron chi connectivity index (χ2n) is 9.34. The Morgan fingerprint density at radius 1 is 0.871 bits per heavy atom. The van der Waals surface area contributed by atoms with Gasteiger partial charge in [0, 0.05) is 0 Å². The van der Waals surface area contributed by atoms with E-state index in [0.717, 1.165) is 0 Å². The molecule has 1 aliphatic heterocycles. The van der Waals surface area contributed by atoms with Crippen LogP contribution in [0.15, 0.2) is 18.3 Å². The van der Waals surface area contributed by atoms with E-state index in [1.807, 2.05) is 6.92 Å². The number of nitrogens with two attached hydrogens (primary N) is 1. The average Bonchev–Trinajstić information content (AvgIpc) is 2.66. The number of fused-ring (bicyclic) bond motifs is 1. The molecule has 0 spiro atoms. The third-order valence-electron chi connectivity index (χ3n) is 5.40. The number of anilines is 2. The van der Waals surface area contributed by atoms with Crippen LogP contribution in [0.25, 0.3) is 0 Å². The van der Waals surface area contributed by atoms with Gasteiger partial charge in [0.2, 0.25) is 17.7 Å². The number of aromatic nitrogens is 1. The van der Waals surface area contributed by atoms with Crippen molar-refractivity contribution in [3.05, 3.63) is 18.3 Å². The van der Waals surface area contributed by atoms with Crippen LogP contribution >= 0.6 is 0 Å². The first-order valence-corrected chi connectivity index (χ1v) is 10.2. The summed E-state index contributed by atoms with van der Waals surface area (Å²) in [6.07, 6.45) is 1.80. The van der Waals surface area contributed by atoms with E-state index >= 15 is 0 Å². The Kier molecular flexibility index (Phi) is 6.46. The van der Waals surface area contributed by atoms with Gasteiger partial charge in [-0.2, -0.15) is 0 Å². The summed E-state index contributed by atoms with van der Waals surface area (Å²) in [5, 5.41) is 10.8. The average molecular weight is 434 g/mol. The van der Waals surface area contributed by atoms with Crippen LogP contribution in [0.2, 0.25) is 0 Å². The lowest BCUT2D eigenvalue weighted by Gasteiger charge is -2.32. The predicted octanol–water partition coefficient (Wildman–Crippen LogP) is 0.548. The zero-order valence-electron chi connectivity index (χ0n) is 19.2. The Morgan fingerprint density at radius 3 is 1.84 bits per heavy atom. The van der Waals surface area contributed by atoms with Crippen LogP contribution in [-0.4, -0.2) is 34.7 Å². The van der Waals surface area contributed by atoms with E-state index in [4.69, 9.17) is 5.73 Å². The fraction of sp³-hybridized carbons (Fsp3) is 0.571. The number of nitrogens with one attached hydrogen (secondary N) is 4. The molecule has 2 rings (SSSR count). The van der Waals surface area contributed by atoms with Crippen LogP contribution in [0.1, 0.15) is 61.1 Å². The van der Waals surface area contributed by atoms with E-state index < -0.39 is 46.3 Å². The maximum atomic E-state index is 13.1. The highest BCUT2D eigenvalue weighted by Gasteiger charge is 2.45.